The van der Waals surface area contributed by atoms with Crippen LogP contribution in [0.2, 0.25) is 0 Å². The summed E-state index contributed by atoms with van der Waals surface area (Å²) in [5.41, 5.74) is 3.03. The highest BCUT2D eigenvalue weighted by atomic mass is 79.9. The minimum Gasteiger partial charge on any atom is -0.495 e. The van der Waals surface area contributed by atoms with Gasteiger partial charge in [-0.2, -0.15) is 0 Å². The molecular formula is C13H13BrN2O. The SMILES string of the molecule is COc1ccc(C)cc1Nc1cncc(Br)c1. The molecular weight excluding hydrogens is 280 g/mol. The molecule has 17 heavy (non-hydrogen) atoms. The highest BCUT2D eigenvalue weighted by Crippen LogP contribution is 2.28. The fourth-order valence-corrected chi connectivity index (χ4v) is 1.92. The lowest BCUT2D eigenvalue weighted by Gasteiger charge is -2.11. The minimum absolute atomic E-state index is 0.815. The van der Waals surface area contributed by atoms with Gasteiger partial charge in [0.2, 0.25) is 0 Å². The molecule has 3 nitrogen and oxygen atoms in total. The van der Waals surface area contributed by atoms with Gasteiger partial charge in [0.05, 0.1) is 24.7 Å². The van der Waals surface area contributed by atoms with E-state index in [4.69, 9.17) is 4.74 Å². The van der Waals surface area contributed by atoms with Gasteiger partial charge in [-0.25, -0.2) is 0 Å². The molecule has 1 heterocycles. The second kappa shape index (κ2) is 5.19. The number of hydrogen-bond donors (Lipinski definition) is 1. The average Bonchev–Trinajstić information content (AvgIpc) is 2.29. The van der Waals surface area contributed by atoms with Crippen LogP contribution in [0.5, 0.6) is 5.75 Å². The van der Waals surface area contributed by atoms with Crippen molar-refractivity contribution in [3.05, 3.63) is 46.7 Å². The summed E-state index contributed by atoms with van der Waals surface area (Å²) >= 11 is 3.39. The first-order chi connectivity index (χ1) is 8.19. The summed E-state index contributed by atoms with van der Waals surface area (Å²) in [5, 5.41) is 3.29. The highest BCUT2D eigenvalue weighted by molar-refractivity contribution is 9.10. The molecule has 0 aliphatic heterocycles. The number of hydrogen-bond acceptors (Lipinski definition) is 3. The number of rotatable bonds is 3. The van der Waals surface area contributed by atoms with Gasteiger partial charge in [-0.05, 0) is 46.6 Å². The Kier molecular flexibility index (Phi) is 3.64. The van der Waals surface area contributed by atoms with Gasteiger partial charge < -0.3 is 10.1 Å². The minimum atomic E-state index is 0.815. The summed E-state index contributed by atoms with van der Waals surface area (Å²) in [6.45, 7) is 2.05. The maximum Gasteiger partial charge on any atom is 0.142 e. The zero-order valence-corrected chi connectivity index (χ0v) is 11.3. The van der Waals surface area contributed by atoms with E-state index in [1.54, 1.807) is 19.5 Å². The maximum absolute atomic E-state index is 5.31. The Hall–Kier alpha value is -1.55. The molecule has 0 saturated carbocycles. The molecule has 2 rings (SSSR count). The molecule has 88 valence electrons. The Morgan fingerprint density at radius 2 is 2.06 bits per heavy atom. The highest BCUT2D eigenvalue weighted by Gasteiger charge is 2.03. The van der Waals surface area contributed by atoms with Crippen LogP contribution in [0, 0.1) is 6.92 Å². The van der Waals surface area contributed by atoms with E-state index in [0.29, 0.717) is 0 Å². The van der Waals surface area contributed by atoms with Gasteiger partial charge in [0.15, 0.2) is 0 Å². The molecule has 0 atom stereocenters. The lowest BCUT2D eigenvalue weighted by molar-refractivity contribution is 0.416. The van der Waals surface area contributed by atoms with Gasteiger partial charge in [-0.1, -0.05) is 6.07 Å². The van der Waals surface area contributed by atoms with E-state index in [-0.39, 0.29) is 0 Å². The topological polar surface area (TPSA) is 34.1 Å². The van der Waals surface area contributed by atoms with E-state index in [9.17, 15) is 0 Å². The summed E-state index contributed by atoms with van der Waals surface area (Å²) in [6, 6.07) is 7.97. The van der Waals surface area contributed by atoms with E-state index in [0.717, 1.165) is 21.6 Å². The molecule has 0 spiro atoms. The molecule has 0 aliphatic carbocycles. The molecule has 2 aromatic rings. The number of methoxy groups -OCH3 is 1. The van der Waals surface area contributed by atoms with Crippen LogP contribution in [0.25, 0.3) is 0 Å². The number of benzene rings is 1. The van der Waals surface area contributed by atoms with Crippen LogP contribution < -0.4 is 10.1 Å². The van der Waals surface area contributed by atoms with E-state index < -0.39 is 0 Å². The Morgan fingerprint density at radius 3 is 2.76 bits per heavy atom. The van der Waals surface area contributed by atoms with Crippen molar-refractivity contribution in [2.24, 2.45) is 0 Å². The summed E-state index contributed by atoms with van der Waals surface area (Å²) < 4.78 is 6.25. The Balaban J connectivity index is 2.32. The second-order valence-corrected chi connectivity index (χ2v) is 4.64. The third-order valence-electron chi connectivity index (χ3n) is 2.34. The van der Waals surface area contributed by atoms with E-state index in [2.05, 4.69) is 26.2 Å². The van der Waals surface area contributed by atoms with Crippen LogP contribution in [0.4, 0.5) is 11.4 Å². The molecule has 0 amide bonds. The quantitative estimate of drug-likeness (QED) is 0.931. The summed E-state index contributed by atoms with van der Waals surface area (Å²) in [7, 11) is 1.66. The van der Waals surface area contributed by atoms with Gasteiger partial charge in [0.1, 0.15) is 5.75 Å². The summed E-state index contributed by atoms with van der Waals surface area (Å²) in [4.78, 5) is 4.11. The van der Waals surface area contributed by atoms with Gasteiger partial charge >= 0.3 is 0 Å². The zero-order valence-electron chi connectivity index (χ0n) is 9.70. The van der Waals surface area contributed by atoms with Crippen molar-refractivity contribution < 1.29 is 4.74 Å². The molecule has 0 radical (unpaired) electrons. The number of pyridine rings is 1. The van der Waals surface area contributed by atoms with Gasteiger partial charge in [0.25, 0.3) is 0 Å². The zero-order chi connectivity index (χ0) is 12.3. The van der Waals surface area contributed by atoms with Crippen LogP contribution in [0.15, 0.2) is 41.1 Å². The van der Waals surface area contributed by atoms with Crippen LogP contribution in [0.3, 0.4) is 0 Å². The van der Waals surface area contributed by atoms with Crippen molar-refractivity contribution in [2.75, 3.05) is 12.4 Å². The fraction of sp³-hybridized carbons (Fsp3) is 0.154. The molecule has 0 saturated heterocycles. The third-order valence-corrected chi connectivity index (χ3v) is 2.77. The van der Waals surface area contributed by atoms with E-state index >= 15 is 0 Å². The average molecular weight is 293 g/mol. The van der Waals surface area contributed by atoms with Gasteiger partial charge in [-0.15, -0.1) is 0 Å². The molecule has 0 bridgehead atoms. The number of ether oxygens (including phenoxy) is 1. The van der Waals surface area contributed by atoms with Crippen molar-refractivity contribution in [1.29, 1.82) is 0 Å². The monoisotopic (exact) mass is 292 g/mol. The van der Waals surface area contributed by atoms with Crippen molar-refractivity contribution >= 4 is 27.3 Å². The van der Waals surface area contributed by atoms with E-state index in [1.165, 1.54) is 5.56 Å². The van der Waals surface area contributed by atoms with Crippen LogP contribution >= 0.6 is 15.9 Å². The van der Waals surface area contributed by atoms with Crippen molar-refractivity contribution in [3.63, 3.8) is 0 Å². The third kappa shape index (κ3) is 2.97. The number of anilines is 2. The van der Waals surface area contributed by atoms with Crippen LogP contribution in [0.1, 0.15) is 5.56 Å². The van der Waals surface area contributed by atoms with Crippen molar-refractivity contribution in [2.45, 2.75) is 6.92 Å². The fourth-order valence-electron chi connectivity index (χ4n) is 1.56. The Bertz CT molecular complexity index is 529. The predicted molar refractivity (Wildman–Crippen MR) is 73.0 cm³/mol. The lowest BCUT2D eigenvalue weighted by Crippen LogP contribution is -1.95. The number of halogens is 1. The lowest BCUT2D eigenvalue weighted by atomic mass is 10.2. The summed E-state index contributed by atoms with van der Waals surface area (Å²) in [5.74, 6) is 0.815. The molecule has 0 unspecified atom stereocenters. The molecule has 4 heteroatoms. The maximum atomic E-state index is 5.31. The summed E-state index contributed by atoms with van der Waals surface area (Å²) in [6.07, 6.45) is 3.52. The van der Waals surface area contributed by atoms with E-state index in [1.807, 2.05) is 31.2 Å². The van der Waals surface area contributed by atoms with Gasteiger partial charge in [-0.3, -0.25) is 4.98 Å². The number of nitrogens with zero attached hydrogens (tertiary/aromatic N) is 1. The Morgan fingerprint density at radius 1 is 1.24 bits per heavy atom. The molecule has 0 aliphatic rings. The molecule has 1 aromatic carbocycles. The Labute approximate surface area is 109 Å². The molecule has 1 aromatic heterocycles. The smallest absolute Gasteiger partial charge is 0.142 e. The standard InChI is InChI=1S/C13H13BrN2O/c1-9-3-4-13(17-2)12(5-9)16-11-6-10(14)7-15-8-11/h3-8,16H,1-2H3. The predicted octanol–water partition coefficient (Wildman–Crippen LogP) is 3.90. The van der Waals surface area contributed by atoms with Crippen molar-refractivity contribution in [3.8, 4) is 5.75 Å². The first kappa shape index (κ1) is 11.9. The first-order valence-electron chi connectivity index (χ1n) is 5.21. The van der Waals surface area contributed by atoms with Crippen LogP contribution in [-0.2, 0) is 0 Å². The second-order valence-electron chi connectivity index (χ2n) is 3.72. The largest absolute Gasteiger partial charge is 0.495 e. The molecule has 0 fully saturated rings. The normalized spacial score (nSPS) is 10.1. The number of aromatic nitrogens is 1. The first-order valence-corrected chi connectivity index (χ1v) is 6.00. The number of aryl methyl sites for hydroxylation is 1. The van der Waals surface area contributed by atoms with Crippen LogP contribution in [-0.4, -0.2) is 12.1 Å². The van der Waals surface area contributed by atoms with Gasteiger partial charge in [0, 0.05) is 10.7 Å². The molecule has 1 N–H and O–H groups in total. The van der Waals surface area contributed by atoms with Crippen molar-refractivity contribution in [1.82, 2.24) is 4.98 Å². The number of nitrogens with one attached hydrogen (secondary N) is 1.